The van der Waals surface area contributed by atoms with Gasteiger partial charge in [-0.2, -0.15) is 0 Å². The van der Waals surface area contributed by atoms with E-state index in [9.17, 15) is 9.59 Å². The number of hydrogen-bond acceptors (Lipinski definition) is 4. The third-order valence-corrected chi connectivity index (χ3v) is 3.44. The van der Waals surface area contributed by atoms with E-state index in [0.717, 1.165) is 12.8 Å². The first-order valence-electron chi connectivity index (χ1n) is 5.93. The molecule has 2 aliphatic rings. The number of hydrogen-bond donors (Lipinski definition) is 2. The van der Waals surface area contributed by atoms with Crippen LogP contribution in [0, 0.1) is 0 Å². The van der Waals surface area contributed by atoms with Gasteiger partial charge in [0.2, 0.25) is 0 Å². The molecule has 2 aliphatic heterocycles. The van der Waals surface area contributed by atoms with Crippen molar-refractivity contribution in [1.29, 1.82) is 0 Å². The first kappa shape index (κ1) is 12.3. The van der Waals surface area contributed by atoms with Crippen molar-refractivity contribution in [2.24, 2.45) is 0 Å². The Kier molecular flexibility index (Phi) is 3.63. The molecule has 6 heteroatoms. The highest BCUT2D eigenvalue weighted by Crippen LogP contribution is 2.25. The van der Waals surface area contributed by atoms with Crippen LogP contribution >= 0.6 is 0 Å². The highest BCUT2D eigenvalue weighted by molar-refractivity contribution is 5.83. The predicted molar refractivity (Wildman–Crippen MR) is 57.4 cm³/mol. The minimum Gasteiger partial charge on any atom is -0.479 e. The van der Waals surface area contributed by atoms with E-state index in [1.807, 2.05) is 0 Å². The number of carbonyl (C=O) groups is 2. The van der Waals surface area contributed by atoms with Crippen LogP contribution in [0.3, 0.4) is 0 Å². The van der Waals surface area contributed by atoms with Crippen LogP contribution in [0.2, 0.25) is 0 Å². The molecule has 0 aromatic carbocycles. The van der Waals surface area contributed by atoms with Crippen molar-refractivity contribution in [3.63, 3.8) is 0 Å². The van der Waals surface area contributed by atoms with Crippen LogP contribution in [0.15, 0.2) is 0 Å². The van der Waals surface area contributed by atoms with Crippen LogP contribution < -0.4 is 0 Å². The topological polar surface area (TPSA) is 87.1 Å². The fourth-order valence-electron chi connectivity index (χ4n) is 2.50. The van der Waals surface area contributed by atoms with Crippen LogP contribution in [0.25, 0.3) is 0 Å². The van der Waals surface area contributed by atoms with Gasteiger partial charge >= 0.3 is 5.97 Å². The van der Waals surface area contributed by atoms with Crippen molar-refractivity contribution in [3.05, 3.63) is 0 Å². The predicted octanol–water partition coefficient (Wildman–Crippen LogP) is -0.398. The number of carbonyl (C=O) groups excluding carboxylic acids is 1. The molecule has 0 spiro atoms. The van der Waals surface area contributed by atoms with Crippen molar-refractivity contribution in [1.82, 2.24) is 4.90 Å². The molecule has 0 aromatic rings. The number of aliphatic carboxylic acids is 1. The maximum absolute atomic E-state index is 12.1. The van der Waals surface area contributed by atoms with Crippen molar-refractivity contribution >= 4 is 11.9 Å². The van der Waals surface area contributed by atoms with E-state index in [-0.39, 0.29) is 18.6 Å². The van der Waals surface area contributed by atoms with Crippen LogP contribution in [0.1, 0.15) is 25.7 Å². The summed E-state index contributed by atoms with van der Waals surface area (Å²) in [5.41, 5.74) is 0. The highest BCUT2D eigenvalue weighted by Gasteiger charge is 2.39. The van der Waals surface area contributed by atoms with E-state index in [1.165, 1.54) is 0 Å². The molecule has 0 saturated carbocycles. The number of aliphatic hydroxyl groups excluding tert-OH is 1. The molecular weight excluding hydrogens is 226 g/mol. The van der Waals surface area contributed by atoms with Gasteiger partial charge in [-0.25, -0.2) is 4.79 Å². The third-order valence-electron chi connectivity index (χ3n) is 3.44. The Labute approximate surface area is 99.2 Å². The normalized spacial score (nSPS) is 33.0. The van der Waals surface area contributed by atoms with E-state index in [1.54, 1.807) is 4.90 Å². The van der Waals surface area contributed by atoms with Gasteiger partial charge in [0, 0.05) is 6.54 Å². The average molecular weight is 243 g/mol. The molecule has 2 rings (SSSR count). The van der Waals surface area contributed by atoms with E-state index in [2.05, 4.69) is 0 Å². The van der Waals surface area contributed by atoms with Gasteiger partial charge in [-0.1, -0.05) is 0 Å². The number of rotatable bonds is 3. The Hall–Kier alpha value is -1.14. The lowest BCUT2D eigenvalue weighted by Crippen LogP contribution is -2.43. The van der Waals surface area contributed by atoms with Gasteiger partial charge in [-0.15, -0.1) is 0 Å². The van der Waals surface area contributed by atoms with Crippen LogP contribution in [0.4, 0.5) is 0 Å². The summed E-state index contributed by atoms with van der Waals surface area (Å²) >= 11 is 0. The summed E-state index contributed by atoms with van der Waals surface area (Å²) in [4.78, 5) is 24.4. The summed E-state index contributed by atoms with van der Waals surface area (Å²) in [6.07, 6.45) is 0.999. The standard InChI is InChI=1S/C11H17NO5/c13-6-7-2-1-5-12(7)10(14)8-3-4-9(17-8)11(15)16/h7-9,13H,1-6H2,(H,15,16)/t7-,8-,9+/m0/s1. The monoisotopic (exact) mass is 243 g/mol. The summed E-state index contributed by atoms with van der Waals surface area (Å²) in [5.74, 6) is -1.19. The second-order valence-corrected chi connectivity index (χ2v) is 4.54. The van der Waals surface area contributed by atoms with Gasteiger partial charge in [-0.3, -0.25) is 4.79 Å². The van der Waals surface area contributed by atoms with E-state index < -0.39 is 18.2 Å². The minimum absolute atomic E-state index is 0.0409. The maximum atomic E-state index is 12.1. The van der Waals surface area contributed by atoms with Gasteiger partial charge in [0.25, 0.3) is 5.91 Å². The molecule has 0 aliphatic carbocycles. The minimum atomic E-state index is -1.01. The smallest absolute Gasteiger partial charge is 0.332 e. The van der Waals surface area contributed by atoms with Crippen molar-refractivity contribution < 1.29 is 24.5 Å². The summed E-state index contributed by atoms with van der Waals surface area (Å²) in [6.45, 7) is 0.586. The Morgan fingerprint density at radius 2 is 1.94 bits per heavy atom. The van der Waals surface area contributed by atoms with Crippen LogP contribution in [-0.4, -0.2) is 58.4 Å². The average Bonchev–Trinajstić information content (AvgIpc) is 2.96. The second-order valence-electron chi connectivity index (χ2n) is 4.54. The molecule has 96 valence electrons. The molecule has 0 radical (unpaired) electrons. The lowest BCUT2D eigenvalue weighted by Gasteiger charge is -2.25. The zero-order chi connectivity index (χ0) is 12.4. The highest BCUT2D eigenvalue weighted by atomic mass is 16.5. The van der Waals surface area contributed by atoms with Crippen molar-refractivity contribution in [2.45, 2.75) is 43.9 Å². The Bertz CT molecular complexity index is 319. The molecule has 1 amide bonds. The number of carboxylic acids is 1. The number of carboxylic acid groups (broad SMARTS) is 1. The molecular formula is C11H17NO5. The van der Waals surface area contributed by atoms with Gasteiger partial charge in [0.1, 0.15) is 6.10 Å². The second kappa shape index (κ2) is 5.01. The number of ether oxygens (including phenoxy) is 1. The van der Waals surface area contributed by atoms with Gasteiger partial charge < -0.3 is 19.8 Å². The molecule has 2 saturated heterocycles. The Morgan fingerprint density at radius 3 is 2.53 bits per heavy atom. The summed E-state index contributed by atoms with van der Waals surface area (Å²) < 4.78 is 5.22. The number of amides is 1. The van der Waals surface area contributed by atoms with E-state index >= 15 is 0 Å². The van der Waals surface area contributed by atoms with Crippen molar-refractivity contribution in [2.75, 3.05) is 13.2 Å². The maximum Gasteiger partial charge on any atom is 0.332 e. The quantitative estimate of drug-likeness (QED) is 0.704. The molecule has 6 nitrogen and oxygen atoms in total. The molecule has 2 fully saturated rings. The molecule has 2 heterocycles. The van der Waals surface area contributed by atoms with E-state index in [0.29, 0.717) is 19.4 Å². The summed E-state index contributed by atoms with van der Waals surface area (Å²) in [5, 5.41) is 17.9. The molecule has 0 aromatic heterocycles. The summed E-state index contributed by atoms with van der Waals surface area (Å²) in [7, 11) is 0. The Balaban J connectivity index is 1.95. The first-order chi connectivity index (χ1) is 8.13. The lowest BCUT2D eigenvalue weighted by molar-refractivity contribution is -0.155. The largest absolute Gasteiger partial charge is 0.479 e. The zero-order valence-corrected chi connectivity index (χ0v) is 9.54. The van der Waals surface area contributed by atoms with Gasteiger partial charge in [-0.05, 0) is 25.7 Å². The van der Waals surface area contributed by atoms with E-state index in [4.69, 9.17) is 14.9 Å². The lowest BCUT2D eigenvalue weighted by atomic mass is 10.1. The van der Waals surface area contributed by atoms with Gasteiger partial charge in [0.05, 0.1) is 12.6 Å². The zero-order valence-electron chi connectivity index (χ0n) is 9.54. The molecule has 0 bridgehead atoms. The fraction of sp³-hybridized carbons (Fsp3) is 0.818. The number of likely N-dealkylation sites (tertiary alicyclic amines) is 1. The SMILES string of the molecule is O=C(O)[C@H]1CC[C@@H](C(=O)N2CCC[C@H]2CO)O1. The molecule has 0 unspecified atom stereocenters. The Morgan fingerprint density at radius 1 is 1.24 bits per heavy atom. The van der Waals surface area contributed by atoms with Crippen LogP contribution in [0.5, 0.6) is 0 Å². The molecule has 2 N–H and O–H groups in total. The molecule has 17 heavy (non-hydrogen) atoms. The van der Waals surface area contributed by atoms with Crippen molar-refractivity contribution in [3.8, 4) is 0 Å². The number of aliphatic hydroxyl groups is 1. The fourth-order valence-corrected chi connectivity index (χ4v) is 2.50. The number of nitrogens with zero attached hydrogens (tertiary/aromatic N) is 1. The summed E-state index contributed by atoms with van der Waals surface area (Å²) in [6, 6.07) is -0.130. The molecule has 3 atom stereocenters. The van der Waals surface area contributed by atoms with Crippen LogP contribution in [-0.2, 0) is 14.3 Å². The third kappa shape index (κ3) is 2.42. The van der Waals surface area contributed by atoms with Gasteiger partial charge in [0.15, 0.2) is 6.10 Å². The first-order valence-corrected chi connectivity index (χ1v) is 5.93.